The molecule has 0 bridgehead atoms. The first kappa shape index (κ1) is 17.9. The van der Waals surface area contributed by atoms with Crippen molar-refractivity contribution in [3.05, 3.63) is 0 Å². The Labute approximate surface area is 126 Å². The molecule has 122 valence electrons. The van der Waals surface area contributed by atoms with Crippen LogP contribution in [-0.2, 0) is 19.0 Å². The summed E-state index contributed by atoms with van der Waals surface area (Å²) >= 11 is 0. The Hall–Kier alpha value is -1.14. The van der Waals surface area contributed by atoms with Gasteiger partial charge in [-0.05, 0) is 34.6 Å². The highest BCUT2D eigenvalue weighted by Crippen LogP contribution is 2.32. The minimum absolute atomic E-state index is 0.331. The first-order valence-electron chi connectivity index (χ1n) is 7.49. The molecule has 0 spiro atoms. The first-order chi connectivity index (χ1) is 9.77. The van der Waals surface area contributed by atoms with Crippen molar-refractivity contribution in [3.63, 3.8) is 0 Å². The molecule has 1 amide bonds. The van der Waals surface area contributed by atoms with Gasteiger partial charge in [0.15, 0.2) is 5.79 Å². The van der Waals surface area contributed by atoms with Gasteiger partial charge in [0.05, 0.1) is 6.04 Å². The smallest absolute Gasteiger partial charge is 0.410 e. The summed E-state index contributed by atoms with van der Waals surface area (Å²) in [6, 6.07) is -0.591. The zero-order valence-electron chi connectivity index (χ0n) is 13.7. The summed E-state index contributed by atoms with van der Waals surface area (Å²) < 4.78 is 16.8. The highest BCUT2D eigenvalue weighted by atomic mass is 16.7. The molecule has 1 heterocycles. The lowest BCUT2D eigenvalue weighted by Gasteiger charge is -2.44. The third-order valence-corrected chi connectivity index (χ3v) is 3.25. The SMILES string of the molecule is CCOC1(OCC)CCN(C(=O)OC(C)(C)C)C(C=O)C1. The summed E-state index contributed by atoms with van der Waals surface area (Å²) in [5, 5.41) is 0. The van der Waals surface area contributed by atoms with Crippen molar-refractivity contribution in [2.75, 3.05) is 19.8 Å². The molecule has 0 aromatic carbocycles. The van der Waals surface area contributed by atoms with Gasteiger partial charge in [0, 0.05) is 32.6 Å². The number of carbonyl (C=O) groups is 2. The normalized spacial score (nSPS) is 22.0. The number of amides is 1. The minimum atomic E-state index is -0.784. The van der Waals surface area contributed by atoms with E-state index in [2.05, 4.69) is 0 Å². The van der Waals surface area contributed by atoms with Gasteiger partial charge in [0.2, 0.25) is 0 Å². The lowest BCUT2D eigenvalue weighted by molar-refractivity contribution is -0.257. The number of piperidine rings is 1. The molecule has 1 rings (SSSR count). The van der Waals surface area contributed by atoms with Gasteiger partial charge >= 0.3 is 6.09 Å². The van der Waals surface area contributed by atoms with Crippen LogP contribution in [0.1, 0.15) is 47.5 Å². The number of hydrogen-bond donors (Lipinski definition) is 0. The van der Waals surface area contributed by atoms with E-state index in [-0.39, 0.29) is 0 Å². The molecule has 0 saturated carbocycles. The van der Waals surface area contributed by atoms with Gasteiger partial charge in [0.25, 0.3) is 0 Å². The molecule has 0 aromatic heterocycles. The van der Waals surface area contributed by atoms with Crippen molar-refractivity contribution in [2.24, 2.45) is 0 Å². The Morgan fingerprint density at radius 3 is 2.29 bits per heavy atom. The van der Waals surface area contributed by atoms with E-state index in [1.165, 1.54) is 4.90 Å². The second-order valence-electron chi connectivity index (χ2n) is 6.11. The summed E-state index contributed by atoms with van der Waals surface area (Å²) in [7, 11) is 0. The van der Waals surface area contributed by atoms with Crippen LogP contribution in [0.3, 0.4) is 0 Å². The number of carbonyl (C=O) groups excluding carboxylic acids is 2. The molecule has 1 fully saturated rings. The van der Waals surface area contributed by atoms with E-state index >= 15 is 0 Å². The Kier molecular flexibility index (Phi) is 6.16. The molecule has 1 aliphatic heterocycles. The Morgan fingerprint density at radius 1 is 1.29 bits per heavy atom. The average molecular weight is 301 g/mol. The van der Waals surface area contributed by atoms with Crippen molar-refractivity contribution in [1.82, 2.24) is 4.90 Å². The van der Waals surface area contributed by atoms with Crippen LogP contribution in [0.2, 0.25) is 0 Å². The van der Waals surface area contributed by atoms with Crippen molar-refractivity contribution >= 4 is 12.4 Å². The largest absolute Gasteiger partial charge is 0.444 e. The third kappa shape index (κ3) is 4.97. The van der Waals surface area contributed by atoms with Crippen LogP contribution in [0.15, 0.2) is 0 Å². The minimum Gasteiger partial charge on any atom is -0.444 e. The van der Waals surface area contributed by atoms with Gasteiger partial charge in [-0.2, -0.15) is 0 Å². The fraction of sp³-hybridized carbons (Fsp3) is 0.867. The molecule has 0 aromatic rings. The molecule has 6 nitrogen and oxygen atoms in total. The van der Waals surface area contributed by atoms with Gasteiger partial charge in [-0.3, -0.25) is 4.90 Å². The molecule has 0 radical (unpaired) electrons. The fourth-order valence-corrected chi connectivity index (χ4v) is 2.49. The second kappa shape index (κ2) is 7.22. The average Bonchev–Trinajstić information content (AvgIpc) is 2.37. The number of rotatable bonds is 5. The summed E-state index contributed by atoms with van der Waals surface area (Å²) in [6.45, 7) is 10.5. The number of nitrogens with zero attached hydrogens (tertiary/aromatic N) is 1. The first-order valence-corrected chi connectivity index (χ1v) is 7.49. The Balaban J connectivity index is 2.81. The van der Waals surface area contributed by atoms with Crippen LogP contribution in [0.5, 0.6) is 0 Å². The van der Waals surface area contributed by atoms with Gasteiger partial charge in [-0.1, -0.05) is 0 Å². The quantitative estimate of drug-likeness (QED) is 0.576. The summed E-state index contributed by atoms with van der Waals surface area (Å²) in [4.78, 5) is 25.0. The maximum absolute atomic E-state index is 12.2. The molecule has 21 heavy (non-hydrogen) atoms. The predicted molar refractivity (Wildman–Crippen MR) is 78.0 cm³/mol. The zero-order chi connectivity index (χ0) is 16.1. The number of likely N-dealkylation sites (tertiary alicyclic amines) is 1. The monoisotopic (exact) mass is 301 g/mol. The molecule has 1 atom stereocenters. The van der Waals surface area contributed by atoms with E-state index in [0.717, 1.165) is 6.29 Å². The molecular weight excluding hydrogens is 274 g/mol. The van der Waals surface area contributed by atoms with Crippen molar-refractivity contribution in [2.45, 2.75) is 64.9 Å². The second-order valence-corrected chi connectivity index (χ2v) is 6.11. The van der Waals surface area contributed by atoms with Crippen LogP contribution in [0.4, 0.5) is 4.79 Å². The highest BCUT2D eigenvalue weighted by molar-refractivity contribution is 5.74. The summed E-state index contributed by atoms with van der Waals surface area (Å²) in [6.07, 6.45) is 1.15. The van der Waals surface area contributed by atoms with E-state index < -0.39 is 23.5 Å². The molecule has 1 unspecified atom stereocenters. The van der Waals surface area contributed by atoms with Crippen molar-refractivity contribution in [1.29, 1.82) is 0 Å². The standard InChI is InChI=1S/C15H27NO5/c1-6-19-15(20-7-2)8-9-16(12(10-15)11-17)13(18)21-14(3,4)5/h11-12H,6-10H2,1-5H3. The van der Waals surface area contributed by atoms with E-state index in [9.17, 15) is 9.59 Å². The van der Waals surface area contributed by atoms with Gasteiger partial charge in [-0.15, -0.1) is 0 Å². The number of aldehydes is 1. The van der Waals surface area contributed by atoms with E-state index in [1.54, 1.807) is 20.8 Å². The van der Waals surface area contributed by atoms with Crippen molar-refractivity contribution in [3.8, 4) is 0 Å². The number of ether oxygens (including phenoxy) is 3. The van der Waals surface area contributed by atoms with E-state index in [1.807, 2.05) is 13.8 Å². The van der Waals surface area contributed by atoms with Crippen LogP contribution in [0, 0.1) is 0 Å². The molecule has 0 aliphatic carbocycles. The maximum atomic E-state index is 12.2. The molecular formula is C15H27NO5. The third-order valence-electron chi connectivity index (χ3n) is 3.25. The van der Waals surface area contributed by atoms with Gasteiger partial charge < -0.3 is 19.0 Å². The molecule has 1 saturated heterocycles. The fourth-order valence-electron chi connectivity index (χ4n) is 2.49. The Morgan fingerprint density at radius 2 is 1.86 bits per heavy atom. The lowest BCUT2D eigenvalue weighted by atomic mass is 9.96. The van der Waals surface area contributed by atoms with E-state index in [4.69, 9.17) is 14.2 Å². The number of hydrogen-bond acceptors (Lipinski definition) is 5. The molecule has 1 aliphatic rings. The summed E-state index contributed by atoms with van der Waals surface area (Å²) in [5.41, 5.74) is -0.584. The van der Waals surface area contributed by atoms with Gasteiger partial charge in [0.1, 0.15) is 11.9 Å². The van der Waals surface area contributed by atoms with Crippen LogP contribution in [0.25, 0.3) is 0 Å². The van der Waals surface area contributed by atoms with Gasteiger partial charge in [-0.25, -0.2) is 4.79 Å². The van der Waals surface area contributed by atoms with E-state index in [0.29, 0.717) is 32.6 Å². The summed E-state index contributed by atoms with van der Waals surface area (Å²) in [5.74, 6) is -0.784. The maximum Gasteiger partial charge on any atom is 0.410 e. The molecule has 0 N–H and O–H groups in total. The topological polar surface area (TPSA) is 65.1 Å². The van der Waals surface area contributed by atoms with Crippen LogP contribution >= 0.6 is 0 Å². The lowest BCUT2D eigenvalue weighted by Crippen LogP contribution is -2.56. The van der Waals surface area contributed by atoms with Crippen LogP contribution < -0.4 is 0 Å². The predicted octanol–water partition coefficient (Wildman–Crippen LogP) is 2.35. The van der Waals surface area contributed by atoms with Crippen LogP contribution in [-0.4, -0.2) is 54.5 Å². The Bertz CT molecular complexity index is 358. The van der Waals surface area contributed by atoms with Crippen molar-refractivity contribution < 1.29 is 23.8 Å². The highest BCUT2D eigenvalue weighted by Gasteiger charge is 2.44. The molecule has 6 heteroatoms. The zero-order valence-corrected chi connectivity index (χ0v) is 13.7.